The summed E-state index contributed by atoms with van der Waals surface area (Å²) in [6.07, 6.45) is 0.997. The molecule has 1 N–H and O–H groups in total. The Hall–Kier alpha value is -1.14. The van der Waals surface area contributed by atoms with E-state index in [1.54, 1.807) is 6.07 Å². The zero-order chi connectivity index (χ0) is 16.0. The highest BCUT2D eigenvalue weighted by Gasteiger charge is 2.44. The number of benzene rings is 1. The van der Waals surface area contributed by atoms with Crippen molar-refractivity contribution < 1.29 is 4.52 Å². The Morgan fingerprint density at radius 1 is 1.22 bits per heavy atom. The van der Waals surface area contributed by atoms with Gasteiger partial charge in [-0.05, 0) is 43.1 Å². The molecule has 7 heteroatoms. The number of piperazine rings is 1. The Kier molecular flexibility index (Phi) is 4.05. The van der Waals surface area contributed by atoms with Gasteiger partial charge in [0.25, 0.3) is 0 Å². The monoisotopic (exact) mass is 352 g/mol. The molecule has 0 amide bonds. The van der Waals surface area contributed by atoms with Crippen molar-refractivity contribution in [2.24, 2.45) is 0 Å². The number of aromatic nitrogens is 2. The van der Waals surface area contributed by atoms with Crippen LogP contribution < -0.4 is 5.32 Å². The minimum atomic E-state index is 0.180. The summed E-state index contributed by atoms with van der Waals surface area (Å²) in [4.78, 5) is 6.90. The zero-order valence-corrected chi connectivity index (χ0v) is 14.3. The second kappa shape index (κ2) is 6.06. The molecular weight excluding hydrogens is 335 g/mol. The van der Waals surface area contributed by atoms with Gasteiger partial charge in [-0.2, -0.15) is 4.98 Å². The number of nitrogens with one attached hydrogen (secondary N) is 1. The Labute approximate surface area is 144 Å². The summed E-state index contributed by atoms with van der Waals surface area (Å²) >= 11 is 12.2. The molecule has 5 nitrogen and oxygen atoms in total. The van der Waals surface area contributed by atoms with Crippen LogP contribution in [-0.2, 0) is 0 Å². The summed E-state index contributed by atoms with van der Waals surface area (Å²) in [7, 11) is 2.09. The number of hydrogen-bond acceptors (Lipinski definition) is 5. The SMILES string of the molecule is CN1CCNCC1c1noc(C2CC2c2cc(Cl)cc(Cl)c2)n1. The number of rotatable bonds is 3. The molecule has 23 heavy (non-hydrogen) atoms. The van der Waals surface area contributed by atoms with Crippen molar-refractivity contribution in [1.82, 2.24) is 20.4 Å². The fraction of sp³-hybridized carbons (Fsp3) is 0.500. The van der Waals surface area contributed by atoms with E-state index in [9.17, 15) is 0 Å². The van der Waals surface area contributed by atoms with Crippen molar-refractivity contribution in [3.8, 4) is 0 Å². The number of halogens is 2. The van der Waals surface area contributed by atoms with E-state index in [0.717, 1.165) is 43.3 Å². The Morgan fingerprint density at radius 2 is 2.00 bits per heavy atom. The standard InChI is InChI=1S/C16H18Cl2N4O/c1-22-3-2-19-8-14(22)15-20-16(23-21-15)13-7-12(13)9-4-10(17)6-11(18)5-9/h4-6,12-14,19H,2-3,7-8H2,1H3. The fourth-order valence-corrected chi connectivity index (χ4v) is 3.80. The van der Waals surface area contributed by atoms with E-state index in [0.29, 0.717) is 16.0 Å². The summed E-state index contributed by atoms with van der Waals surface area (Å²) < 4.78 is 5.52. The second-order valence-corrected chi connectivity index (χ2v) is 7.22. The third-order valence-corrected chi connectivity index (χ3v) is 5.12. The third-order valence-electron chi connectivity index (χ3n) is 4.69. The van der Waals surface area contributed by atoms with Gasteiger partial charge in [0.15, 0.2) is 5.82 Å². The Balaban J connectivity index is 1.50. The number of hydrogen-bond donors (Lipinski definition) is 1. The van der Waals surface area contributed by atoms with E-state index >= 15 is 0 Å². The molecule has 122 valence electrons. The van der Waals surface area contributed by atoms with E-state index in [2.05, 4.69) is 27.4 Å². The molecule has 1 saturated carbocycles. The van der Waals surface area contributed by atoms with Gasteiger partial charge in [0.05, 0.1) is 6.04 Å². The minimum Gasteiger partial charge on any atom is -0.339 e. The van der Waals surface area contributed by atoms with Gasteiger partial charge in [0.2, 0.25) is 5.89 Å². The molecule has 1 aromatic heterocycles. The molecule has 3 atom stereocenters. The summed E-state index contributed by atoms with van der Waals surface area (Å²) in [5.74, 6) is 2.12. The molecule has 2 heterocycles. The predicted molar refractivity (Wildman–Crippen MR) is 89.1 cm³/mol. The summed E-state index contributed by atoms with van der Waals surface area (Å²) in [5.41, 5.74) is 1.14. The minimum absolute atomic E-state index is 0.180. The average molecular weight is 353 g/mol. The number of nitrogens with zero attached hydrogens (tertiary/aromatic N) is 3. The molecule has 0 bridgehead atoms. The molecule has 0 spiro atoms. The molecule has 4 rings (SSSR count). The second-order valence-electron chi connectivity index (χ2n) is 6.34. The topological polar surface area (TPSA) is 54.2 Å². The zero-order valence-electron chi connectivity index (χ0n) is 12.8. The van der Waals surface area contributed by atoms with Gasteiger partial charge in [-0.15, -0.1) is 0 Å². The van der Waals surface area contributed by atoms with Crippen molar-refractivity contribution in [2.45, 2.75) is 24.3 Å². The van der Waals surface area contributed by atoms with Crippen LogP contribution in [0.1, 0.15) is 41.6 Å². The van der Waals surface area contributed by atoms with Crippen LogP contribution in [0.3, 0.4) is 0 Å². The van der Waals surface area contributed by atoms with Crippen molar-refractivity contribution in [3.63, 3.8) is 0 Å². The molecular formula is C16H18Cl2N4O. The smallest absolute Gasteiger partial charge is 0.230 e. The predicted octanol–water partition coefficient (Wildman–Crippen LogP) is 3.22. The Bertz CT molecular complexity index is 700. The molecule has 1 aromatic carbocycles. The van der Waals surface area contributed by atoms with Crippen LogP contribution in [0.15, 0.2) is 22.7 Å². The molecule has 2 fully saturated rings. The van der Waals surface area contributed by atoms with Crippen LogP contribution in [0.25, 0.3) is 0 Å². The highest BCUT2D eigenvalue weighted by molar-refractivity contribution is 6.34. The van der Waals surface area contributed by atoms with Crippen LogP contribution in [0.5, 0.6) is 0 Å². The highest BCUT2D eigenvalue weighted by atomic mass is 35.5. The van der Waals surface area contributed by atoms with E-state index in [1.165, 1.54) is 0 Å². The molecule has 1 aliphatic carbocycles. The van der Waals surface area contributed by atoms with Gasteiger partial charge in [-0.3, -0.25) is 4.90 Å². The lowest BCUT2D eigenvalue weighted by atomic mass is 10.1. The van der Waals surface area contributed by atoms with Gasteiger partial charge >= 0.3 is 0 Å². The molecule has 1 aliphatic heterocycles. The first kappa shape index (κ1) is 15.4. The lowest BCUT2D eigenvalue weighted by molar-refractivity contribution is 0.190. The summed E-state index contributed by atoms with van der Waals surface area (Å²) in [5, 5.41) is 8.90. The van der Waals surface area contributed by atoms with Crippen LogP contribution in [0, 0.1) is 0 Å². The van der Waals surface area contributed by atoms with E-state index in [1.807, 2.05) is 12.1 Å². The largest absolute Gasteiger partial charge is 0.339 e. The molecule has 2 aromatic rings. The number of likely N-dealkylation sites (N-methyl/N-ethyl adjacent to an activating group) is 1. The first-order chi connectivity index (χ1) is 11.1. The van der Waals surface area contributed by atoms with Gasteiger partial charge in [-0.25, -0.2) is 0 Å². The summed E-state index contributed by atoms with van der Waals surface area (Å²) in [6.45, 7) is 2.84. The Morgan fingerprint density at radius 3 is 2.74 bits per heavy atom. The van der Waals surface area contributed by atoms with Crippen LogP contribution in [-0.4, -0.2) is 41.7 Å². The van der Waals surface area contributed by atoms with Crippen molar-refractivity contribution in [3.05, 3.63) is 45.5 Å². The van der Waals surface area contributed by atoms with Gasteiger partial charge in [0.1, 0.15) is 0 Å². The highest BCUT2D eigenvalue weighted by Crippen LogP contribution is 2.54. The molecule has 3 unspecified atom stereocenters. The van der Waals surface area contributed by atoms with Crippen LogP contribution in [0.4, 0.5) is 0 Å². The van der Waals surface area contributed by atoms with E-state index in [-0.39, 0.29) is 12.0 Å². The quantitative estimate of drug-likeness (QED) is 0.918. The molecule has 1 saturated heterocycles. The molecule has 0 radical (unpaired) electrons. The normalized spacial score (nSPS) is 28.0. The fourth-order valence-electron chi connectivity index (χ4n) is 3.25. The van der Waals surface area contributed by atoms with Crippen molar-refractivity contribution >= 4 is 23.2 Å². The van der Waals surface area contributed by atoms with Gasteiger partial charge in [0, 0.05) is 35.6 Å². The maximum atomic E-state index is 6.09. The van der Waals surface area contributed by atoms with Crippen molar-refractivity contribution in [1.29, 1.82) is 0 Å². The average Bonchev–Trinajstić information content (AvgIpc) is 3.17. The van der Waals surface area contributed by atoms with Crippen LogP contribution in [0.2, 0.25) is 10.0 Å². The first-order valence-electron chi connectivity index (χ1n) is 7.82. The third kappa shape index (κ3) is 3.11. The van der Waals surface area contributed by atoms with Gasteiger partial charge in [-0.1, -0.05) is 28.4 Å². The maximum Gasteiger partial charge on any atom is 0.230 e. The van der Waals surface area contributed by atoms with Gasteiger partial charge < -0.3 is 9.84 Å². The lowest BCUT2D eigenvalue weighted by Crippen LogP contribution is -2.44. The molecule has 2 aliphatic rings. The maximum absolute atomic E-state index is 6.09. The first-order valence-corrected chi connectivity index (χ1v) is 8.58. The van der Waals surface area contributed by atoms with Crippen molar-refractivity contribution in [2.75, 3.05) is 26.7 Å². The lowest BCUT2D eigenvalue weighted by Gasteiger charge is -2.30. The van der Waals surface area contributed by atoms with E-state index < -0.39 is 0 Å². The van der Waals surface area contributed by atoms with Crippen LogP contribution >= 0.6 is 23.2 Å². The summed E-state index contributed by atoms with van der Waals surface area (Å²) in [6, 6.07) is 5.86. The van der Waals surface area contributed by atoms with E-state index in [4.69, 9.17) is 27.7 Å².